The SMILES string of the molecule is C=C(C)CNCc1cnc2ccccc2n1. The summed E-state index contributed by atoms with van der Waals surface area (Å²) < 4.78 is 0. The molecule has 2 aromatic rings. The van der Waals surface area contributed by atoms with Crippen LogP contribution >= 0.6 is 0 Å². The number of aromatic nitrogens is 2. The van der Waals surface area contributed by atoms with Gasteiger partial charge in [0.25, 0.3) is 0 Å². The molecule has 3 heteroatoms. The number of hydrogen-bond donors (Lipinski definition) is 1. The summed E-state index contributed by atoms with van der Waals surface area (Å²) in [6, 6.07) is 7.89. The molecule has 82 valence electrons. The van der Waals surface area contributed by atoms with Gasteiger partial charge < -0.3 is 5.32 Å². The molecule has 0 unspecified atom stereocenters. The number of benzene rings is 1. The lowest BCUT2D eigenvalue weighted by Crippen LogP contribution is -2.16. The second-order valence-corrected chi connectivity index (χ2v) is 3.91. The first-order valence-electron chi connectivity index (χ1n) is 5.31. The third-order valence-electron chi connectivity index (χ3n) is 2.23. The van der Waals surface area contributed by atoms with Crippen molar-refractivity contribution in [3.05, 3.63) is 48.3 Å². The van der Waals surface area contributed by atoms with Crippen LogP contribution in [0.4, 0.5) is 0 Å². The Labute approximate surface area is 95.2 Å². The van der Waals surface area contributed by atoms with E-state index in [0.717, 1.165) is 35.4 Å². The van der Waals surface area contributed by atoms with Gasteiger partial charge >= 0.3 is 0 Å². The third-order valence-corrected chi connectivity index (χ3v) is 2.23. The van der Waals surface area contributed by atoms with Crippen LogP contribution < -0.4 is 5.32 Å². The summed E-state index contributed by atoms with van der Waals surface area (Å²) in [5.41, 5.74) is 3.96. The van der Waals surface area contributed by atoms with Crippen LogP contribution in [0.25, 0.3) is 11.0 Å². The van der Waals surface area contributed by atoms with Crippen molar-refractivity contribution in [3.8, 4) is 0 Å². The Bertz CT molecular complexity index is 505. The van der Waals surface area contributed by atoms with Gasteiger partial charge in [0.05, 0.1) is 22.9 Å². The molecule has 0 spiro atoms. The monoisotopic (exact) mass is 213 g/mol. The van der Waals surface area contributed by atoms with Gasteiger partial charge in [-0.2, -0.15) is 0 Å². The number of nitrogens with one attached hydrogen (secondary N) is 1. The van der Waals surface area contributed by atoms with E-state index in [2.05, 4.69) is 21.9 Å². The molecule has 0 amide bonds. The van der Waals surface area contributed by atoms with Crippen molar-refractivity contribution in [2.24, 2.45) is 0 Å². The summed E-state index contributed by atoms with van der Waals surface area (Å²) in [7, 11) is 0. The van der Waals surface area contributed by atoms with Gasteiger partial charge in [-0.15, -0.1) is 0 Å². The summed E-state index contributed by atoms with van der Waals surface area (Å²) in [4.78, 5) is 8.87. The second kappa shape index (κ2) is 4.86. The first-order chi connectivity index (χ1) is 7.75. The summed E-state index contributed by atoms with van der Waals surface area (Å²) in [5, 5.41) is 3.26. The highest BCUT2D eigenvalue weighted by Gasteiger charge is 1.98. The minimum Gasteiger partial charge on any atom is -0.307 e. The van der Waals surface area contributed by atoms with Crippen molar-refractivity contribution in [3.63, 3.8) is 0 Å². The highest BCUT2D eigenvalue weighted by Crippen LogP contribution is 2.08. The van der Waals surface area contributed by atoms with E-state index in [1.54, 1.807) is 0 Å². The molecule has 0 aliphatic rings. The van der Waals surface area contributed by atoms with Crippen molar-refractivity contribution in [2.45, 2.75) is 13.5 Å². The zero-order chi connectivity index (χ0) is 11.4. The number of rotatable bonds is 4. The van der Waals surface area contributed by atoms with E-state index in [4.69, 9.17) is 0 Å². The highest BCUT2D eigenvalue weighted by molar-refractivity contribution is 5.73. The average Bonchev–Trinajstić information content (AvgIpc) is 2.28. The lowest BCUT2D eigenvalue weighted by atomic mass is 10.3. The molecule has 1 aromatic heterocycles. The fourth-order valence-electron chi connectivity index (χ4n) is 1.48. The Morgan fingerprint density at radius 2 is 2.06 bits per heavy atom. The summed E-state index contributed by atoms with van der Waals surface area (Å²) in [6.07, 6.45) is 1.81. The Morgan fingerprint density at radius 1 is 1.31 bits per heavy atom. The van der Waals surface area contributed by atoms with Crippen molar-refractivity contribution in [1.29, 1.82) is 0 Å². The predicted molar refractivity (Wildman–Crippen MR) is 66.1 cm³/mol. The molecule has 1 heterocycles. The number of para-hydroxylation sites is 2. The normalized spacial score (nSPS) is 10.6. The largest absolute Gasteiger partial charge is 0.307 e. The van der Waals surface area contributed by atoms with E-state index in [9.17, 15) is 0 Å². The molecule has 16 heavy (non-hydrogen) atoms. The van der Waals surface area contributed by atoms with E-state index < -0.39 is 0 Å². The average molecular weight is 213 g/mol. The van der Waals surface area contributed by atoms with E-state index >= 15 is 0 Å². The molecule has 0 aliphatic carbocycles. The van der Waals surface area contributed by atoms with E-state index in [1.807, 2.05) is 37.4 Å². The molecule has 2 rings (SSSR count). The van der Waals surface area contributed by atoms with Crippen molar-refractivity contribution >= 4 is 11.0 Å². The third kappa shape index (κ3) is 2.64. The van der Waals surface area contributed by atoms with E-state index in [0.29, 0.717) is 0 Å². The lowest BCUT2D eigenvalue weighted by molar-refractivity contribution is 0.723. The standard InChI is InChI=1S/C13H15N3/c1-10(2)7-14-8-11-9-15-12-5-3-4-6-13(12)16-11/h3-6,9,14H,1,7-8H2,2H3. The second-order valence-electron chi connectivity index (χ2n) is 3.91. The molecular weight excluding hydrogens is 198 g/mol. The van der Waals surface area contributed by atoms with Crippen LogP contribution in [-0.4, -0.2) is 16.5 Å². The van der Waals surface area contributed by atoms with Gasteiger partial charge in [0.1, 0.15) is 0 Å². The Balaban J connectivity index is 2.10. The van der Waals surface area contributed by atoms with E-state index in [1.165, 1.54) is 0 Å². The Morgan fingerprint density at radius 3 is 2.81 bits per heavy atom. The topological polar surface area (TPSA) is 37.8 Å². The van der Waals surface area contributed by atoms with Crippen LogP contribution in [0.15, 0.2) is 42.6 Å². The molecular formula is C13H15N3. The molecule has 0 saturated heterocycles. The fraction of sp³-hybridized carbons (Fsp3) is 0.231. The van der Waals surface area contributed by atoms with Gasteiger partial charge in [0, 0.05) is 13.1 Å². The molecule has 0 aliphatic heterocycles. The molecule has 3 nitrogen and oxygen atoms in total. The van der Waals surface area contributed by atoms with Gasteiger partial charge in [-0.05, 0) is 19.1 Å². The molecule has 0 radical (unpaired) electrons. The zero-order valence-corrected chi connectivity index (χ0v) is 9.40. The molecule has 0 bridgehead atoms. The fourth-order valence-corrected chi connectivity index (χ4v) is 1.48. The van der Waals surface area contributed by atoms with Crippen LogP contribution in [0.2, 0.25) is 0 Å². The lowest BCUT2D eigenvalue weighted by Gasteiger charge is -2.04. The number of nitrogens with zero attached hydrogens (tertiary/aromatic N) is 2. The van der Waals surface area contributed by atoms with Crippen molar-refractivity contribution in [1.82, 2.24) is 15.3 Å². The van der Waals surface area contributed by atoms with Crippen LogP contribution in [0.1, 0.15) is 12.6 Å². The number of fused-ring (bicyclic) bond motifs is 1. The van der Waals surface area contributed by atoms with E-state index in [-0.39, 0.29) is 0 Å². The minimum absolute atomic E-state index is 0.727. The maximum Gasteiger partial charge on any atom is 0.0890 e. The van der Waals surface area contributed by atoms with Gasteiger partial charge in [0.2, 0.25) is 0 Å². The van der Waals surface area contributed by atoms with Gasteiger partial charge in [-0.25, -0.2) is 4.98 Å². The first-order valence-corrected chi connectivity index (χ1v) is 5.31. The van der Waals surface area contributed by atoms with Crippen LogP contribution in [0.3, 0.4) is 0 Å². The Hall–Kier alpha value is -1.74. The van der Waals surface area contributed by atoms with Crippen molar-refractivity contribution in [2.75, 3.05) is 6.54 Å². The maximum absolute atomic E-state index is 4.52. The number of hydrogen-bond acceptors (Lipinski definition) is 3. The van der Waals surface area contributed by atoms with Gasteiger partial charge in [0.15, 0.2) is 0 Å². The summed E-state index contributed by atoms with van der Waals surface area (Å²) in [5.74, 6) is 0. The molecule has 0 saturated carbocycles. The zero-order valence-electron chi connectivity index (χ0n) is 9.40. The maximum atomic E-state index is 4.52. The van der Waals surface area contributed by atoms with Gasteiger partial charge in [-0.1, -0.05) is 24.3 Å². The summed E-state index contributed by atoms with van der Waals surface area (Å²) >= 11 is 0. The van der Waals surface area contributed by atoms with Crippen molar-refractivity contribution < 1.29 is 0 Å². The summed E-state index contributed by atoms with van der Waals surface area (Å²) in [6.45, 7) is 7.38. The smallest absolute Gasteiger partial charge is 0.0890 e. The van der Waals surface area contributed by atoms with Gasteiger partial charge in [-0.3, -0.25) is 4.98 Å². The Kier molecular flexibility index (Phi) is 3.27. The first kappa shape index (κ1) is 10.8. The minimum atomic E-state index is 0.727. The molecule has 1 N–H and O–H groups in total. The molecule has 0 atom stereocenters. The predicted octanol–water partition coefficient (Wildman–Crippen LogP) is 2.30. The molecule has 1 aromatic carbocycles. The van der Waals surface area contributed by atoms with Crippen LogP contribution in [-0.2, 0) is 6.54 Å². The highest BCUT2D eigenvalue weighted by atomic mass is 14.9. The van der Waals surface area contributed by atoms with Crippen LogP contribution in [0, 0.1) is 0 Å². The quantitative estimate of drug-likeness (QED) is 0.792. The van der Waals surface area contributed by atoms with Crippen LogP contribution in [0.5, 0.6) is 0 Å². The molecule has 0 fully saturated rings.